The molecular weight excluding hydrogens is 324 g/mol. The van der Waals surface area contributed by atoms with Crippen molar-refractivity contribution in [3.8, 4) is 0 Å². The molecule has 0 N–H and O–H groups in total. The summed E-state index contributed by atoms with van der Waals surface area (Å²) in [5.74, 6) is 1.15. The third-order valence-electron chi connectivity index (χ3n) is 6.07. The molecule has 26 heavy (non-hydrogen) atoms. The van der Waals surface area contributed by atoms with Gasteiger partial charge in [-0.3, -0.25) is 9.78 Å². The lowest BCUT2D eigenvalue weighted by molar-refractivity contribution is -0.135. The normalized spacial score (nSPS) is 21.0. The lowest BCUT2D eigenvalue weighted by atomic mass is 9.99. The van der Waals surface area contributed by atoms with Gasteiger partial charge in [0.2, 0.25) is 5.91 Å². The molecule has 2 saturated heterocycles. The van der Waals surface area contributed by atoms with Crippen molar-refractivity contribution in [2.45, 2.75) is 51.6 Å². The number of pyridine rings is 1. The first-order valence-corrected chi connectivity index (χ1v) is 10.2. The Kier molecular flexibility index (Phi) is 7.03. The first kappa shape index (κ1) is 19.3. The molecule has 0 aromatic carbocycles. The van der Waals surface area contributed by atoms with Crippen molar-refractivity contribution in [1.29, 1.82) is 0 Å². The fourth-order valence-electron chi connectivity index (χ4n) is 4.10. The van der Waals surface area contributed by atoms with Gasteiger partial charge in [0.05, 0.1) is 0 Å². The van der Waals surface area contributed by atoms with Crippen LogP contribution in [0, 0.1) is 5.92 Å². The van der Waals surface area contributed by atoms with Crippen LogP contribution < -0.4 is 0 Å². The Morgan fingerprint density at radius 3 is 2.42 bits per heavy atom. The van der Waals surface area contributed by atoms with Crippen LogP contribution in [-0.2, 0) is 11.3 Å². The second-order valence-electron chi connectivity index (χ2n) is 8.19. The molecule has 0 atom stereocenters. The van der Waals surface area contributed by atoms with Gasteiger partial charge >= 0.3 is 0 Å². The van der Waals surface area contributed by atoms with Gasteiger partial charge in [-0.1, -0.05) is 6.92 Å². The number of nitrogens with zero attached hydrogens (tertiary/aromatic N) is 4. The van der Waals surface area contributed by atoms with Gasteiger partial charge < -0.3 is 14.7 Å². The second-order valence-corrected chi connectivity index (χ2v) is 8.19. The maximum absolute atomic E-state index is 13.1. The molecule has 1 aromatic rings. The Morgan fingerprint density at radius 1 is 1.12 bits per heavy atom. The fourth-order valence-corrected chi connectivity index (χ4v) is 4.10. The average Bonchev–Trinajstić information content (AvgIpc) is 2.67. The summed E-state index contributed by atoms with van der Waals surface area (Å²) in [6.45, 7) is 8.40. The number of hydrogen-bond acceptors (Lipinski definition) is 4. The molecule has 144 valence electrons. The minimum absolute atomic E-state index is 0.315. The van der Waals surface area contributed by atoms with Crippen molar-refractivity contribution < 1.29 is 4.79 Å². The minimum atomic E-state index is 0.315. The SMILES string of the molecule is CC1CCN(CCC(=O)N(Cc2ccncc2)C2CCN(C)CC2)CC1. The van der Waals surface area contributed by atoms with E-state index in [2.05, 4.69) is 33.7 Å². The Hall–Kier alpha value is -1.46. The van der Waals surface area contributed by atoms with E-state index < -0.39 is 0 Å². The Morgan fingerprint density at radius 2 is 1.77 bits per heavy atom. The van der Waals surface area contributed by atoms with Gasteiger partial charge in [-0.2, -0.15) is 0 Å². The van der Waals surface area contributed by atoms with E-state index in [9.17, 15) is 4.79 Å². The summed E-state index contributed by atoms with van der Waals surface area (Å²) in [5.41, 5.74) is 1.18. The Bertz CT molecular complexity index is 548. The van der Waals surface area contributed by atoms with E-state index in [1.165, 1.54) is 18.4 Å². The molecule has 0 radical (unpaired) electrons. The summed E-state index contributed by atoms with van der Waals surface area (Å²) in [7, 11) is 2.17. The van der Waals surface area contributed by atoms with Gasteiger partial charge in [0.25, 0.3) is 0 Å². The zero-order chi connectivity index (χ0) is 18.4. The van der Waals surface area contributed by atoms with Crippen LogP contribution in [0.1, 0.15) is 44.6 Å². The number of amides is 1. The number of hydrogen-bond donors (Lipinski definition) is 0. The average molecular weight is 359 g/mol. The van der Waals surface area contributed by atoms with Gasteiger partial charge in [0.15, 0.2) is 0 Å². The summed E-state index contributed by atoms with van der Waals surface area (Å²) >= 11 is 0. The Labute approximate surface area is 158 Å². The van der Waals surface area contributed by atoms with Gasteiger partial charge in [-0.25, -0.2) is 0 Å². The third kappa shape index (κ3) is 5.52. The van der Waals surface area contributed by atoms with Gasteiger partial charge in [-0.05, 0) is 82.5 Å². The number of piperidine rings is 2. The summed E-state index contributed by atoms with van der Waals surface area (Å²) < 4.78 is 0. The maximum atomic E-state index is 13.1. The van der Waals surface area contributed by atoms with Crippen molar-refractivity contribution in [3.05, 3.63) is 30.1 Å². The zero-order valence-corrected chi connectivity index (χ0v) is 16.4. The topological polar surface area (TPSA) is 39.7 Å². The number of carbonyl (C=O) groups excluding carboxylic acids is 1. The van der Waals surface area contributed by atoms with Crippen molar-refractivity contribution in [3.63, 3.8) is 0 Å². The van der Waals surface area contributed by atoms with Crippen molar-refractivity contribution in [1.82, 2.24) is 19.7 Å². The van der Waals surface area contributed by atoms with Crippen molar-refractivity contribution in [2.75, 3.05) is 39.8 Å². The molecule has 5 heteroatoms. The van der Waals surface area contributed by atoms with E-state index in [-0.39, 0.29) is 0 Å². The summed E-state index contributed by atoms with van der Waals surface area (Å²) in [4.78, 5) is 24.2. The molecule has 1 amide bonds. The number of carbonyl (C=O) groups is 1. The monoisotopic (exact) mass is 358 g/mol. The number of likely N-dealkylation sites (tertiary alicyclic amines) is 2. The summed E-state index contributed by atoms with van der Waals surface area (Å²) in [6.07, 6.45) is 8.98. The number of aromatic nitrogens is 1. The molecule has 0 bridgehead atoms. The van der Waals surface area contributed by atoms with E-state index in [1.807, 2.05) is 24.5 Å². The molecule has 2 aliphatic heterocycles. The Balaban J connectivity index is 1.59. The van der Waals surface area contributed by atoms with E-state index >= 15 is 0 Å². The highest BCUT2D eigenvalue weighted by Gasteiger charge is 2.27. The third-order valence-corrected chi connectivity index (χ3v) is 6.07. The predicted molar refractivity (Wildman–Crippen MR) is 105 cm³/mol. The molecule has 3 rings (SSSR count). The van der Waals surface area contributed by atoms with E-state index in [1.54, 1.807) is 0 Å². The summed E-state index contributed by atoms with van der Waals surface area (Å²) in [6, 6.07) is 4.43. The largest absolute Gasteiger partial charge is 0.335 e. The zero-order valence-electron chi connectivity index (χ0n) is 16.4. The van der Waals surface area contributed by atoms with Crippen LogP contribution in [0.3, 0.4) is 0 Å². The van der Waals surface area contributed by atoms with E-state index in [0.717, 1.165) is 51.5 Å². The fraction of sp³-hybridized carbons (Fsp3) is 0.714. The van der Waals surface area contributed by atoms with Crippen molar-refractivity contribution >= 4 is 5.91 Å². The summed E-state index contributed by atoms with van der Waals surface area (Å²) in [5, 5.41) is 0. The van der Waals surface area contributed by atoms with Crippen LogP contribution in [0.5, 0.6) is 0 Å². The van der Waals surface area contributed by atoms with Crippen LogP contribution in [0.4, 0.5) is 0 Å². The van der Waals surface area contributed by atoms with Crippen LogP contribution in [0.2, 0.25) is 0 Å². The lowest BCUT2D eigenvalue weighted by Crippen LogP contribution is -2.47. The van der Waals surface area contributed by atoms with E-state index in [0.29, 0.717) is 24.9 Å². The quantitative estimate of drug-likeness (QED) is 0.784. The molecular formula is C21H34N4O. The van der Waals surface area contributed by atoms with Gasteiger partial charge in [0, 0.05) is 37.9 Å². The van der Waals surface area contributed by atoms with Crippen LogP contribution in [-0.4, -0.2) is 71.4 Å². The van der Waals surface area contributed by atoms with Crippen molar-refractivity contribution in [2.24, 2.45) is 5.92 Å². The maximum Gasteiger partial charge on any atom is 0.224 e. The molecule has 2 aliphatic rings. The number of rotatable bonds is 6. The van der Waals surface area contributed by atoms with Gasteiger partial charge in [-0.15, -0.1) is 0 Å². The second kappa shape index (κ2) is 9.47. The smallest absolute Gasteiger partial charge is 0.224 e. The van der Waals surface area contributed by atoms with E-state index in [4.69, 9.17) is 0 Å². The molecule has 0 unspecified atom stereocenters. The van der Waals surface area contributed by atoms with Gasteiger partial charge in [0.1, 0.15) is 0 Å². The van der Waals surface area contributed by atoms with Crippen LogP contribution in [0.15, 0.2) is 24.5 Å². The standard InChI is InChI=1S/C21H34N4O/c1-18-5-14-24(15-6-18)16-9-21(26)25(17-19-3-10-22-11-4-19)20-7-12-23(2)13-8-20/h3-4,10-11,18,20H,5-9,12-17H2,1-2H3. The van der Waals surface area contributed by atoms with Crippen LogP contribution >= 0.6 is 0 Å². The molecule has 3 heterocycles. The molecule has 0 spiro atoms. The highest BCUT2D eigenvalue weighted by atomic mass is 16.2. The highest BCUT2D eigenvalue weighted by Crippen LogP contribution is 2.20. The van der Waals surface area contributed by atoms with Crippen LogP contribution in [0.25, 0.3) is 0 Å². The molecule has 2 fully saturated rings. The molecule has 5 nitrogen and oxygen atoms in total. The molecule has 1 aromatic heterocycles. The minimum Gasteiger partial charge on any atom is -0.335 e. The predicted octanol–water partition coefficient (Wildman–Crippen LogP) is 2.63. The molecule has 0 saturated carbocycles. The molecule has 0 aliphatic carbocycles. The first-order valence-electron chi connectivity index (χ1n) is 10.2. The highest BCUT2D eigenvalue weighted by molar-refractivity contribution is 5.76. The lowest BCUT2D eigenvalue weighted by Gasteiger charge is -2.38. The first-order chi connectivity index (χ1) is 12.6.